The number of aliphatic hydroxyl groups is 1. The Bertz CT molecular complexity index is 133. The largest absolute Gasteiger partial charge is 0.395 e. The first-order chi connectivity index (χ1) is 6.27. The SMILES string of the molecule is COCC(CO)N1CCC(C)CC1. The van der Waals surface area contributed by atoms with E-state index in [-0.39, 0.29) is 12.6 Å². The van der Waals surface area contributed by atoms with Gasteiger partial charge in [-0.25, -0.2) is 0 Å². The van der Waals surface area contributed by atoms with Gasteiger partial charge in [0.15, 0.2) is 0 Å². The third-order valence-corrected chi connectivity index (χ3v) is 2.90. The molecule has 0 amide bonds. The monoisotopic (exact) mass is 187 g/mol. The Morgan fingerprint density at radius 2 is 2.08 bits per heavy atom. The molecule has 1 fully saturated rings. The van der Waals surface area contributed by atoms with E-state index < -0.39 is 0 Å². The molecule has 0 aliphatic carbocycles. The van der Waals surface area contributed by atoms with Crippen LogP contribution in [0.25, 0.3) is 0 Å². The molecule has 0 spiro atoms. The van der Waals surface area contributed by atoms with Crippen molar-refractivity contribution in [3.05, 3.63) is 0 Å². The summed E-state index contributed by atoms with van der Waals surface area (Å²) in [5, 5.41) is 9.15. The van der Waals surface area contributed by atoms with Gasteiger partial charge in [0.25, 0.3) is 0 Å². The number of likely N-dealkylation sites (tertiary alicyclic amines) is 1. The van der Waals surface area contributed by atoms with Crippen molar-refractivity contribution in [3.63, 3.8) is 0 Å². The molecule has 1 saturated heterocycles. The second-order valence-corrected chi connectivity index (χ2v) is 4.01. The van der Waals surface area contributed by atoms with Gasteiger partial charge in [-0.15, -0.1) is 0 Å². The molecule has 0 radical (unpaired) electrons. The van der Waals surface area contributed by atoms with Gasteiger partial charge in [0.05, 0.1) is 19.3 Å². The predicted molar refractivity (Wildman–Crippen MR) is 52.7 cm³/mol. The van der Waals surface area contributed by atoms with Crippen LogP contribution < -0.4 is 0 Å². The quantitative estimate of drug-likeness (QED) is 0.704. The molecule has 78 valence electrons. The average Bonchev–Trinajstić information content (AvgIpc) is 2.16. The second kappa shape index (κ2) is 5.58. The van der Waals surface area contributed by atoms with Crippen LogP contribution in [-0.2, 0) is 4.74 Å². The zero-order valence-electron chi connectivity index (χ0n) is 8.70. The van der Waals surface area contributed by atoms with Crippen LogP contribution in [-0.4, -0.2) is 49.5 Å². The van der Waals surface area contributed by atoms with Crippen LogP contribution in [0.4, 0.5) is 0 Å². The Kier molecular flexibility index (Phi) is 4.70. The Hall–Kier alpha value is -0.120. The summed E-state index contributed by atoms with van der Waals surface area (Å²) in [6, 6.07) is 0.206. The fourth-order valence-electron chi connectivity index (χ4n) is 1.86. The molecule has 0 saturated carbocycles. The van der Waals surface area contributed by atoms with Gasteiger partial charge in [-0.2, -0.15) is 0 Å². The highest BCUT2D eigenvalue weighted by Crippen LogP contribution is 2.17. The van der Waals surface area contributed by atoms with Crippen molar-refractivity contribution < 1.29 is 9.84 Å². The lowest BCUT2D eigenvalue weighted by molar-refractivity contribution is 0.0346. The lowest BCUT2D eigenvalue weighted by Crippen LogP contribution is -2.45. The highest BCUT2D eigenvalue weighted by molar-refractivity contribution is 4.76. The van der Waals surface area contributed by atoms with Gasteiger partial charge >= 0.3 is 0 Å². The lowest BCUT2D eigenvalue weighted by Gasteiger charge is -2.35. The number of piperidine rings is 1. The molecule has 1 aliphatic rings. The number of hydrogen-bond donors (Lipinski definition) is 1. The smallest absolute Gasteiger partial charge is 0.0640 e. The van der Waals surface area contributed by atoms with E-state index in [0.717, 1.165) is 19.0 Å². The molecular weight excluding hydrogens is 166 g/mol. The molecule has 0 aromatic rings. The van der Waals surface area contributed by atoms with Gasteiger partial charge < -0.3 is 9.84 Å². The average molecular weight is 187 g/mol. The molecule has 1 unspecified atom stereocenters. The van der Waals surface area contributed by atoms with Crippen LogP contribution in [0.2, 0.25) is 0 Å². The highest BCUT2D eigenvalue weighted by atomic mass is 16.5. The van der Waals surface area contributed by atoms with Crippen molar-refractivity contribution in [2.45, 2.75) is 25.8 Å². The molecule has 1 aliphatic heterocycles. The van der Waals surface area contributed by atoms with Gasteiger partial charge in [-0.1, -0.05) is 6.92 Å². The fourth-order valence-corrected chi connectivity index (χ4v) is 1.86. The minimum Gasteiger partial charge on any atom is -0.395 e. The highest BCUT2D eigenvalue weighted by Gasteiger charge is 2.22. The summed E-state index contributed by atoms with van der Waals surface area (Å²) in [7, 11) is 1.69. The summed E-state index contributed by atoms with van der Waals surface area (Å²) in [6.07, 6.45) is 2.50. The van der Waals surface area contributed by atoms with Crippen LogP contribution in [0.1, 0.15) is 19.8 Å². The van der Waals surface area contributed by atoms with Crippen molar-refractivity contribution >= 4 is 0 Å². The number of nitrogens with zero attached hydrogens (tertiary/aromatic N) is 1. The molecule has 0 aromatic heterocycles. The molecular formula is C10H21NO2. The van der Waals surface area contributed by atoms with Crippen molar-refractivity contribution in [1.29, 1.82) is 0 Å². The Balaban J connectivity index is 2.32. The first-order valence-corrected chi connectivity index (χ1v) is 5.11. The Morgan fingerprint density at radius 1 is 1.46 bits per heavy atom. The minimum atomic E-state index is 0.206. The fraction of sp³-hybridized carbons (Fsp3) is 1.00. The van der Waals surface area contributed by atoms with E-state index in [1.54, 1.807) is 7.11 Å². The maximum absolute atomic E-state index is 9.15. The van der Waals surface area contributed by atoms with Crippen molar-refractivity contribution in [3.8, 4) is 0 Å². The van der Waals surface area contributed by atoms with Crippen LogP contribution in [0, 0.1) is 5.92 Å². The summed E-state index contributed by atoms with van der Waals surface area (Å²) >= 11 is 0. The van der Waals surface area contributed by atoms with Crippen LogP contribution >= 0.6 is 0 Å². The standard InChI is InChI=1S/C10H21NO2/c1-9-3-5-11(6-4-9)10(7-12)8-13-2/h9-10,12H,3-8H2,1-2H3. The minimum absolute atomic E-state index is 0.206. The van der Waals surface area contributed by atoms with E-state index in [2.05, 4.69) is 11.8 Å². The lowest BCUT2D eigenvalue weighted by atomic mass is 9.98. The first kappa shape index (κ1) is 11.0. The van der Waals surface area contributed by atoms with E-state index in [9.17, 15) is 0 Å². The van der Waals surface area contributed by atoms with E-state index in [1.165, 1.54) is 12.8 Å². The molecule has 13 heavy (non-hydrogen) atoms. The summed E-state index contributed by atoms with van der Waals surface area (Å²) in [6.45, 7) is 5.36. The van der Waals surface area contributed by atoms with Crippen LogP contribution in [0.3, 0.4) is 0 Å². The number of rotatable bonds is 4. The molecule has 1 atom stereocenters. The molecule has 0 bridgehead atoms. The van der Waals surface area contributed by atoms with E-state index in [4.69, 9.17) is 9.84 Å². The summed E-state index contributed by atoms with van der Waals surface area (Å²) in [4.78, 5) is 2.34. The van der Waals surface area contributed by atoms with E-state index >= 15 is 0 Å². The molecule has 1 N–H and O–H groups in total. The van der Waals surface area contributed by atoms with Crippen LogP contribution in [0.5, 0.6) is 0 Å². The predicted octanol–water partition coefficient (Wildman–Crippen LogP) is 0.726. The number of ether oxygens (including phenoxy) is 1. The summed E-state index contributed by atoms with van der Waals surface area (Å²) in [5.41, 5.74) is 0. The third-order valence-electron chi connectivity index (χ3n) is 2.90. The molecule has 0 aromatic carbocycles. The van der Waals surface area contributed by atoms with E-state index in [1.807, 2.05) is 0 Å². The number of methoxy groups -OCH3 is 1. The van der Waals surface area contributed by atoms with Crippen molar-refractivity contribution in [1.82, 2.24) is 4.90 Å². The topological polar surface area (TPSA) is 32.7 Å². The van der Waals surface area contributed by atoms with Gasteiger partial charge in [0, 0.05) is 7.11 Å². The van der Waals surface area contributed by atoms with E-state index in [0.29, 0.717) is 6.61 Å². The van der Waals surface area contributed by atoms with Crippen LogP contribution in [0.15, 0.2) is 0 Å². The zero-order valence-corrected chi connectivity index (χ0v) is 8.70. The van der Waals surface area contributed by atoms with Crippen molar-refractivity contribution in [2.75, 3.05) is 33.4 Å². The molecule has 1 rings (SSSR count). The summed E-state index contributed by atoms with van der Waals surface area (Å²) in [5.74, 6) is 0.845. The normalized spacial score (nSPS) is 23.3. The number of aliphatic hydroxyl groups excluding tert-OH is 1. The Labute approximate surface area is 80.7 Å². The molecule has 1 heterocycles. The Morgan fingerprint density at radius 3 is 2.54 bits per heavy atom. The number of hydrogen-bond acceptors (Lipinski definition) is 3. The van der Waals surface area contributed by atoms with Crippen molar-refractivity contribution in [2.24, 2.45) is 5.92 Å². The summed E-state index contributed by atoms with van der Waals surface area (Å²) < 4.78 is 5.07. The second-order valence-electron chi connectivity index (χ2n) is 4.01. The first-order valence-electron chi connectivity index (χ1n) is 5.11. The van der Waals surface area contributed by atoms with Gasteiger partial charge in [0.1, 0.15) is 0 Å². The maximum Gasteiger partial charge on any atom is 0.0640 e. The molecule has 3 nitrogen and oxygen atoms in total. The van der Waals surface area contributed by atoms with Gasteiger partial charge in [-0.3, -0.25) is 4.90 Å². The van der Waals surface area contributed by atoms with Gasteiger partial charge in [-0.05, 0) is 31.8 Å². The third kappa shape index (κ3) is 3.25. The molecule has 3 heteroatoms. The zero-order chi connectivity index (χ0) is 9.68. The van der Waals surface area contributed by atoms with Gasteiger partial charge in [0.2, 0.25) is 0 Å². The maximum atomic E-state index is 9.15.